The molecule has 2 aromatic rings. The number of aryl methyl sites for hydroxylation is 1. The van der Waals surface area contributed by atoms with E-state index in [2.05, 4.69) is 18.4 Å². The van der Waals surface area contributed by atoms with Crippen molar-refractivity contribution < 1.29 is 9.53 Å². The lowest BCUT2D eigenvalue weighted by Crippen LogP contribution is -2.36. The molecule has 1 aromatic heterocycles. The SMILES string of the molecule is CCc1ccc(OCC(=O)N(Cc2cccs2)C2CC2)cc1. The molecule has 116 valence electrons. The number of hydrogen-bond donors (Lipinski definition) is 0. The third-order valence-corrected chi connectivity index (χ3v) is 4.77. The topological polar surface area (TPSA) is 29.5 Å². The zero-order chi connectivity index (χ0) is 15.4. The first kappa shape index (κ1) is 15.1. The summed E-state index contributed by atoms with van der Waals surface area (Å²) in [6.45, 7) is 2.95. The molecule has 0 atom stereocenters. The van der Waals surface area contributed by atoms with Gasteiger partial charge in [0.2, 0.25) is 0 Å². The molecule has 1 aliphatic rings. The van der Waals surface area contributed by atoms with Gasteiger partial charge in [-0.1, -0.05) is 25.1 Å². The van der Waals surface area contributed by atoms with Gasteiger partial charge < -0.3 is 9.64 Å². The maximum Gasteiger partial charge on any atom is 0.261 e. The molecule has 0 saturated heterocycles. The lowest BCUT2D eigenvalue weighted by Gasteiger charge is -2.22. The second kappa shape index (κ2) is 6.97. The van der Waals surface area contributed by atoms with Crippen LogP contribution in [0.1, 0.15) is 30.2 Å². The van der Waals surface area contributed by atoms with Crippen molar-refractivity contribution in [3.05, 3.63) is 52.2 Å². The van der Waals surface area contributed by atoms with Gasteiger partial charge in [0.1, 0.15) is 5.75 Å². The molecule has 1 aromatic carbocycles. The molecule has 0 aliphatic heterocycles. The minimum absolute atomic E-state index is 0.0791. The summed E-state index contributed by atoms with van der Waals surface area (Å²) in [4.78, 5) is 15.6. The summed E-state index contributed by atoms with van der Waals surface area (Å²) in [7, 11) is 0. The zero-order valence-corrected chi connectivity index (χ0v) is 13.6. The number of rotatable bonds is 7. The quantitative estimate of drug-likeness (QED) is 0.776. The Kier molecular flexibility index (Phi) is 4.78. The van der Waals surface area contributed by atoms with Crippen LogP contribution in [0.4, 0.5) is 0 Å². The number of thiophene rings is 1. The van der Waals surface area contributed by atoms with Gasteiger partial charge in [0.05, 0.1) is 6.54 Å². The van der Waals surface area contributed by atoms with Gasteiger partial charge in [0.25, 0.3) is 5.91 Å². The highest BCUT2D eigenvalue weighted by Crippen LogP contribution is 2.29. The van der Waals surface area contributed by atoms with Crippen LogP contribution >= 0.6 is 11.3 Å². The Hall–Kier alpha value is -1.81. The molecule has 1 fully saturated rings. The third-order valence-electron chi connectivity index (χ3n) is 3.91. The van der Waals surface area contributed by atoms with Crippen molar-refractivity contribution in [3.63, 3.8) is 0 Å². The van der Waals surface area contributed by atoms with Gasteiger partial charge in [-0.2, -0.15) is 0 Å². The largest absolute Gasteiger partial charge is 0.484 e. The van der Waals surface area contributed by atoms with E-state index in [-0.39, 0.29) is 12.5 Å². The summed E-state index contributed by atoms with van der Waals surface area (Å²) < 4.78 is 5.66. The average Bonchev–Trinajstić information content (AvgIpc) is 3.27. The van der Waals surface area contributed by atoms with Crippen LogP contribution in [0.15, 0.2) is 41.8 Å². The third kappa shape index (κ3) is 3.89. The molecular weight excluding hydrogens is 294 g/mol. The normalized spacial score (nSPS) is 13.9. The van der Waals surface area contributed by atoms with E-state index >= 15 is 0 Å². The molecule has 0 radical (unpaired) electrons. The van der Waals surface area contributed by atoms with Gasteiger partial charge in [0, 0.05) is 10.9 Å². The van der Waals surface area contributed by atoms with Crippen molar-refractivity contribution in [1.29, 1.82) is 0 Å². The zero-order valence-electron chi connectivity index (χ0n) is 12.8. The Bertz CT molecular complexity index is 603. The highest BCUT2D eigenvalue weighted by atomic mass is 32.1. The van der Waals surface area contributed by atoms with Crippen molar-refractivity contribution in [2.75, 3.05) is 6.61 Å². The van der Waals surface area contributed by atoms with Gasteiger partial charge in [-0.05, 0) is 48.4 Å². The number of carbonyl (C=O) groups is 1. The first-order chi connectivity index (χ1) is 10.8. The van der Waals surface area contributed by atoms with Crippen molar-refractivity contribution in [2.24, 2.45) is 0 Å². The molecule has 4 heteroatoms. The molecule has 0 bridgehead atoms. The Balaban J connectivity index is 1.56. The molecule has 0 spiro atoms. The van der Waals surface area contributed by atoms with E-state index in [9.17, 15) is 4.79 Å². The summed E-state index contributed by atoms with van der Waals surface area (Å²) in [5.74, 6) is 0.841. The number of carbonyl (C=O) groups excluding carboxylic acids is 1. The molecule has 22 heavy (non-hydrogen) atoms. The molecule has 0 N–H and O–H groups in total. The fourth-order valence-electron chi connectivity index (χ4n) is 2.43. The Morgan fingerprint density at radius 3 is 2.64 bits per heavy atom. The van der Waals surface area contributed by atoms with Gasteiger partial charge in [0.15, 0.2) is 6.61 Å². The molecule has 1 aliphatic carbocycles. The second-order valence-corrected chi connectivity index (χ2v) is 6.65. The van der Waals surface area contributed by atoms with Crippen molar-refractivity contribution >= 4 is 17.2 Å². The van der Waals surface area contributed by atoms with E-state index in [0.717, 1.165) is 25.0 Å². The maximum atomic E-state index is 12.5. The Morgan fingerprint density at radius 1 is 1.27 bits per heavy atom. The molecule has 3 nitrogen and oxygen atoms in total. The summed E-state index contributed by atoms with van der Waals surface area (Å²) in [6, 6.07) is 12.5. The maximum absolute atomic E-state index is 12.5. The van der Waals surface area contributed by atoms with E-state index in [1.54, 1.807) is 11.3 Å². The van der Waals surface area contributed by atoms with Crippen LogP contribution < -0.4 is 4.74 Å². The molecule has 1 saturated carbocycles. The molecule has 1 amide bonds. The molecule has 0 unspecified atom stereocenters. The Morgan fingerprint density at radius 2 is 2.05 bits per heavy atom. The van der Waals surface area contributed by atoms with Crippen LogP contribution in [0.3, 0.4) is 0 Å². The average molecular weight is 315 g/mol. The van der Waals surface area contributed by atoms with Crippen molar-refractivity contribution in [3.8, 4) is 5.75 Å². The number of hydrogen-bond acceptors (Lipinski definition) is 3. The number of nitrogens with zero attached hydrogens (tertiary/aromatic N) is 1. The van der Waals surface area contributed by atoms with Crippen LogP contribution in [0, 0.1) is 0 Å². The second-order valence-electron chi connectivity index (χ2n) is 5.62. The van der Waals surface area contributed by atoms with Gasteiger partial charge in [-0.15, -0.1) is 11.3 Å². The fourth-order valence-corrected chi connectivity index (χ4v) is 3.13. The standard InChI is InChI=1S/C18H21NO2S/c1-2-14-5-9-16(10-6-14)21-13-18(20)19(15-7-8-15)12-17-4-3-11-22-17/h3-6,9-11,15H,2,7-8,12-13H2,1H3. The van der Waals surface area contributed by atoms with E-state index in [1.807, 2.05) is 35.2 Å². The molecule has 1 heterocycles. The first-order valence-corrected chi connectivity index (χ1v) is 8.68. The predicted molar refractivity (Wildman–Crippen MR) is 89.2 cm³/mol. The lowest BCUT2D eigenvalue weighted by atomic mass is 10.2. The summed E-state index contributed by atoms with van der Waals surface area (Å²) in [5.41, 5.74) is 1.27. The number of amides is 1. The number of ether oxygens (including phenoxy) is 1. The van der Waals surface area contributed by atoms with Gasteiger partial charge in [-0.3, -0.25) is 4.79 Å². The Labute approximate surface area is 135 Å². The van der Waals surface area contributed by atoms with E-state index < -0.39 is 0 Å². The minimum atomic E-state index is 0.0791. The summed E-state index contributed by atoms with van der Waals surface area (Å²) in [6.07, 6.45) is 3.24. The van der Waals surface area contributed by atoms with E-state index in [1.165, 1.54) is 10.4 Å². The van der Waals surface area contributed by atoms with E-state index in [4.69, 9.17) is 4.74 Å². The first-order valence-electron chi connectivity index (χ1n) is 7.80. The van der Waals surface area contributed by atoms with Crippen molar-refractivity contribution in [2.45, 2.75) is 38.8 Å². The summed E-state index contributed by atoms with van der Waals surface area (Å²) in [5, 5.41) is 2.05. The van der Waals surface area contributed by atoms with Crippen molar-refractivity contribution in [1.82, 2.24) is 4.90 Å². The van der Waals surface area contributed by atoms with Crippen LogP contribution in [0.5, 0.6) is 5.75 Å². The summed E-state index contributed by atoms with van der Waals surface area (Å²) >= 11 is 1.70. The van der Waals surface area contributed by atoms with Gasteiger partial charge >= 0.3 is 0 Å². The fraction of sp³-hybridized carbons (Fsp3) is 0.389. The highest BCUT2D eigenvalue weighted by Gasteiger charge is 2.32. The van der Waals surface area contributed by atoms with Crippen LogP contribution in [0.2, 0.25) is 0 Å². The monoisotopic (exact) mass is 315 g/mol. The lowest BCUT2D eigenvalue weighted by molar-refractivity contribution is -0.134. The molecular formula is C18H21NO2S. The van der Waals surface area contributed by atoms with Gasteiger partial charge in [-0.25, -0.2) is 0 Å². The highest BCUT2D eigenvalue weighted by molar-refractivity contribution is 7.09. The smallest absolute Gasteiger partial charge is 0.261 e. The predicted octanol–water partition coefficient (Wildman–Crippen LogP) is 3.88. The van der Waals surface area contributed by atoms with Crippen LogP contribution in [-0.4, -0.2) is 23.5 Å². The van der Waals surface area contributed by atoms with Crippen LogP contribution in [0.25, 0.3) is 0 Å². The van der Waals surface area contributed by atoms with Crippen LogP contribution in [-0.2, 0) is 17.8 Å². The minimum Gasteiger partial charge on any atom is -0.484 e. The van der Waals surface area contributed by atoms with E-state index in [0.29, 0.717) is 12.6 Å². The molecule has 3 rings (SSSR count). The number of benzene rings is 1.